The van der Waals surface area contributed by atoms with Gasteiger partial charge in [0.2, 0.25) is 10.0 Å². The number of methoxy groups -OCH3 is 2. The quantitative estimate of drug-likeness (QED) is 0.597. The molecule has 0 saturated carbocycles. The molecule has 3 rings (SSSR count). The van der Waals surface area contributed by atoms with Crippen LogP contribution in [0.3, 0.4) is 0 Å². The maximum atomic E-state index is 11.1. The van der Waals surface area contributed by atoms with Crippen LogP contribution in [0.2, 0.25) is 0 Å². The average molecular weight is 425 g/mol. The summed E-state index contributed by atoms with van der Waals surface area (Å²) in [4.78, 5) is 6.91. The molecule has 1 aromatic carbocycles. The minimum Gasteiger partial charge on any atom is -0.493 e. The first-order chi connectivity index (χ1) is 12.9. The highest BCUT2D eigenvalue weighted by atomic mass is 32.2. The summed E-state index contributed by atoms with van der Waals surface area (Å²) < 4.78 is 35.7. The fourth-order valence-electron chi connectivity index (χ4n) is 2.58. The van der Waals surface area contributed by atoms with Crippen molar-refractivity contribution in [3.63, 3.8) is 0 Å². The fraction of sp³-hybridized carbons (Fsp3) is 0.278. The molecule has 144 valence electrons. The lowest BCUT2D eigenvalue weighted by atomic mass is 10.2. The molecule has 0 radical (unpaired) electrons. The number of nitrogens with zero attached hydrogens (tertiary/aromatic N) is 1. The van der Waals surface area contributed by atoms with Crippen LogP contribution in [0.5, 0.6) is 11.5 Å². The maximum Gasteiger partial charge on any atom is 0.208 e. The van der Waals surface area contributed by atoms with E-state index in [1.54, 1.807) is 36.9 Å². The molecule has 0 saturated heterocycles. The number of sulfonamides is 1. The van der Waals surface area contributed by atoms with Gasteiger partial charge in [-0.2, -0.15) is 0 Å². The van der Waals surface area contributed by atoms with Crippen LogP contribution in [0.4, 0.5) is 0 Å². The van der Waals surface area contributed by atoms with Crippen molar-refractivity contribution in [1.82, 2.24) is 9.71 Å². The molecule has 6 nitrogen and oxygen atoms in total. The van der Waals surface area contributed by atoms with E-state index in [0.29, 0.717) is 24.5 Å². The second kappa shape index (κ2) is 8.39. The fourth-order valence-corrected chi connectivity index (χ4v) is 4.93. The Morgan fingerprint density at radius 1 is 1.15 bits per heavy atom. The predicted molar refractivity (Wildman–Crippen MR) is 111 cm³/mol. The largest absolute Gasteiger partial charge is 0.493 e. The van der Waals surface area contributed by atoms with Crippen molar-refractivity contribution in [1.29, 1.82) is 0 Å². The molecule has 1 N–H and O–H groups in total. The van der Waals surface area contributed by atoms with Crippen LogP contribution in [-0.2, 0) is 16.4 Å². The minimum atomic E-state index is -3.16. The highest BCUT2D eigenvalue weighted by Gasteiger charge is 2.16. The molecule has 0 atom stereocenters. The van der Waals surface area contributed by atoms with E-state index in [1.807, 2.05) is 35.7 Å². The first-order valence-corrected chi connectivity index (χ1v) is 11.7. The number of para-hydroxylation sites is 1. The van der Waals surface area contributed by atoms with E-state index in [9.17, 15) is 8.42 Å². The highest BCUT2D eigenvalue weighted by Crippen LogP contribution is 2.40. The third-order valence-electron chi connectivity index (χ3n) is 3.79. The third-order valence-corrected chi connectivity index (χ3v) is 6.56. The van der Waals surface area contributed by atoms with Crippen LogP contribution in [-0.4, -0.2) is 40.4 Å². The van der Waals surface area contributed by atoms with Crippen molar-refractivity contribution in [3.05, 3.63) is 40.6 Å². The number of hydrogen-bond acceptors (Lipinski definition) is 7. The first-order valence-electron chi connectivity index (χ1n) is 8.12. The van der Waals surface area contributed by atoms with Crippen LogP contribution < -0.4 is 14.2 Å². The minimum absolute atomic E-state index is 0.391. The number of ether oxygens (including phenoxy) is 2. The Kier molecular flexibility index (Phi) is 6.15. The summed E-state index contributed by atoms with van der Waals surface area (Å²) in [6.07, 6.45) is 1.81. The lowest BCUT2D eigenvalue weighted by Gasteiger charge is -2.10. The normalized spacial score (nSPS) is 11.5. The molecule has 3 aromatic rings. The predicted octanol–water partition coefficient (Wildman–Crippen LogP) is 3.65. The summed E-state index contributed by atoms with van der Waals surface area (Å²) in [7, 11) is 0.0713. The molecular weight excluding hydrogens is 404 g/mol. The number of aromatic nitrogens is 1. The molecular formula is C18H20N2O4S3. The Balaban J connectivity index is 1.79. The number of rotatable bonds is 8. The zero-order chi connectivity index (χ0) is 19.4. The van der Waals surface area contributed by atoms with Gasteiger partial charge in [-0.25, -0.2) is 18.1 Å². The number of thiophene rings is 1. The summed E-state index contributed by atoms with van der Waals surface area (Å²) in [6.45, 7) is 0.391. The molecule has 0 fully saturated rings. The van der Waals surface area contributed by atoms with Crippen molar-refractivity contribution in [3.8, 4) is 32.6 Å². The van der Waals surface area contributed by atoms with Crippen molar-refractivity contribution >= 4 is 32.7 Å². The number of benzene rings is 1. The van der Waals surface area contributed by atoms with Gasteiger partial charge < -0.3 is 9.47 Å². The third kappa shape index (κ3) is 4.86. The van der Waals surface area contributed by atoms with E-state index in [4.69, 9.17) is 14.5 Å². The second-order valence-corrected chi connectivity index (χ2v) is 9.62. The van der Waals surface area contributed by atoms with Crippen LogP contribution in [0.1, 0.15) is 4.88 Å². The Morgan fingerprint density at radius 2 is 1.96 bits per heavy atom. The van der Waals surface area contributed by atoms with Crippen molar-refractivity contribution < 1.29 is 17.9 Å². The molecule has 0 amide bonds. The SMILES string of the molecule is COc1cccc(-c2nc(-c3ccc(CCNS(C)(=O)=O)s3)cs2)c1OC. The Morgan fingerprint density at radius 3 is 2.67 bits per heavy atom. The number of nitrogens with one attached hydrogen (secondary N) is 1. The van der Waals surface area contributed by atoms with Crippen molar-refractivity contribution in [2.24, 2.45) is 0 Å². The zero-order valence-electron chi connectivity index (χ0n) is 15.2. The lowest BCUT2D eigenvalue weighted by molar-refractivity contribution is 0.356. The molecule has 0 bridgehead atoms. The summed E-state index contributed by atoms with van der Waals surface area (Å²) in [5, 5.41) is 2.87. The molecule has 0 aliphatic rings. The van der Waals surface area contributed by atoms with Gasteiger partial charge in [-0.3, -0.25) is 0 Å². The van der Waals surface area contributed by atoms with Gasteiger partial charge in [-0.05, 0) is 30.7 Å². The first kappa shape index (κ1) is 19.8. The van der Waals surface area contributed by atoms with Crippen LogP contribution in [0, 0.1) is 0 Å². The molecule has 2 aromatic heterocycles. The van der Waals surface area contributed by atoms with Gasteiger partial charge in [0.15, 0.2) is 11.5 Å². The number of thiazole rings is 1. The molecule has 2 heterocycles. The van der Waals surface area contributed by atoms with Gasteiger partial charge in [-0.15, -0.1) is 22.7 Å². The highest BCUT2D eigenvalue weighted by molar-refractivity contribution is 7.88. The summed E-state index contributed by atoms with van der Waals surface area (Å²) in [5.74, 6) is 1.34. The van der Waals surface area contributed by atoms with Gasteiger partial charge in [0.1, 0.15) is 5.01 Å². The summed E-state index contributed by atoms with van der Waals surface area (Å²) >= 11 is 3.16. The number of hydrogen-bond donors (Lipinski definition) is 1. The van der Waals surface area contributed by atoms with Crippen molar-refractivity contribution in [2.45, 2.75) is 6.42 Å². The molecule has 0 aliphatic heterocycles. The van der Waals surface area contributed by atoms with Gasteiger partial charge in [0.05, 0.1) is 36.6 Å². The standard InChI is InChI=1S/C18H20N2O4S3/c1-23-15-6-4-5-13(17(15)24-2)18-20-14(11-25-18)16-8-7-12(26-16)9-10-19-27(3,21)22/h4-8,11,19H,9-10H2,1-3H3. The van der Waals surface area contributed by atoms with E-state index in [2.05, 4.69) is 4.72 Å². The maximum absolute atomic E-state index is 11.1. The Hall–Kier alpha value is -1.94. The van der Waals surface area contributed by atoms with Gasteiger partial charge in [0, 0.05) is 16.8 Å². The lowest BCUT2D eigenvalue weighted by Crippen LogP contribution is -2.23. The molecule has 27 heavy (non-hydrogen) atoms. The van der Waals surface area contributed by atoms with Gasteiger partial charge in [0.25, 0.3) is 0 Å². The Labute approximate surface area is 166 Å². The van der Waals surface area contributed by atoms with Gasteiger partial charge >= 0.3 is 0 Å². The van der Waals surface area contributed by atoms with E-state index in [1.165, 1.54) is 0 Å². The monoisotopic (exact) mass is 424 g/mol. The van der Waals surface area contributed by atoms with E-state index < -0.39 is 10.0 Å². The average Bonchev–Trinajstić information content (AvgIpc) is 3.29. The summed E-state index contributed by atoms with van der Waals surface area (Å²) in [5.41, 5.74) is 1.79. The van der Waals surface area contributed by atoms with E-state index in [0.717, 1.165) is 32.3 Å². The molecule has 9 heteroatoms. The second-order valence-electron chi connectivity index (χ2n) is 5.76. The zero-order valence-corrected chi connectivity index (χ0v) is 17.6. The smallest absolute Gasteiger partial charge is 0.208 e. The Bertz CT molecular complexity index is 1020. The molecule has 0 aliphatic carbocycles. The van der Waals surface area contributed by atoms with E-state index >= 15 is 0 Å². The van der Waals surface area contributed by atoms with Crippen LogP contribution >= 0.6 is 22.7 Å². The van der Waals surface area contributed by atoms with Crippen molar-refractivity contribution in [2.75, 3.05) is 27.0 Å². The molecule has 0 unspecified atom stereocenters. The van der Waals surface area contributed by atoms with Crippen LogP contribution in [0.25, 0.3) is 21.1 Å². The molecule has 0 spiro atoms. The summed E-state index contributed by atoms with van der Waals surface area (Å²) in [6, 6.07) is 9.75. The van der Waals surface area contributed by atoms with Crippen LogP contribution in [0.15, 0.2) is 35.7 Å². The topological polar surface area (TPSA) is 77.5 Å². The van der Waals surface area contributed by atoms with E-state index in [-0.39, 0.29) is 0 Å². The van der Waals surface area contributed by atoms with Gasteiger partial charge in [-0.1, -0.05) is 6.07 Å².